The van der Waals surface area contributed by atoms with Crippen LogP contribution in [0.5, 0.6) is 5.75 Å². The second kappa shape index (κ2) is 6.94. The molecule has 0 saturated carbocycles. The van der Waals surface area contributed by atoms with Crippen LogP contribution in [0.25, 0.3) is 0 Å². The number of aliphatic hydroxyl groups excluding tert-OH is 3. The summed E-state index contributed by atoms with van der Waals surface area (Å²) in [6, 6.07) is 0. The molecule has 0 fully saturated rings. The van der Waals surface area contributed by atoms with Gasteiger partial charge < -0.3 is 20.1 Å². The Hall–Kier alpha value is -1.64. The van der Waals surface area contributed by atoms with Gasteiger partial charge in [0, 0.05) is 0 Å². The summed E-state index contributed by atoms with van der Waals surface area (Å²) in [6.07, 6.45) is 1.18. The molecule has 0 unspecified atom stereocenters. The fourth-order valence-electron chi connectivity index (χ4n) is 1.45. The fraction of sp³-hybridized carbons (Fsp3) is 0.600. The van der Waals surface area contributed by atoms with E-state index in [0.29, 0.717) is 0 Å². The smallest absolute Gasteiger partial charge is 0.331 e. The van der Waals surface area contributed by atoms with Crippen molar-refractivity contribution in [2.75, 3.05) is 26.4 Å². The van der Waals surface area contributed by atoms with E-state index in [1.807, 2.05) is 0 Å². The molecule has 0 aliphatic carbocycles. The van der Waals surface area contributed by atoms with Crippen LogP contribution < -0.4 is 16.0 Å². The average molecular weight is 260 g/mol. The molecular formula is C10H16N2O6. The van der Waals surface area contributed by atoms with Gasteiger partial charge in [-0.25, -0.2) is 4.79 Å². The third-order valence-corrected chi connectivity index (χ3v) is 2.22. The standard InChI is InChI=1S/C10H16N2O6/c13-3-1-11-7-8(18-6-5-15)9(16)12(2-4-14)10(11)17/h7,13-15H,1-6H2. The molecule has 1 rings (SSSR count). The predicted octanol–water partition coefficient (Wildman–Crippen LogP) is -2.63. The lowest BCUT2D eigenvalue weighted by Gasteiger charge is -2.11. The Kier molecular flexibility index (Phi) is 5.56. The van der Waals surface area contributed by atoms with Crippen LogP contribution in [0.15, 0.2) is 15.8 Å². The lowest BCUT2D eigenvalue weighted by molar-refractivity contribution is 0.195. The first kappa shape index (κ1) is 14.4. The van der Waals surface area contributed by atoms with Crippen LogP contribution in [0, 0.1) is 0 Å². The first-order chi connectivity index (χ1) is 8.65. The topological polar surface area (TPSA) is 114 Å². The van der Waals surface area contributed by atoms with Gasteiger partial charge in [0.05, 0.1) is 39.1 Å². The fourth-order valence-corrected chi connectivity index (χ4v) is 1.45. The van der Waals surface area contributed by atoms with E-state index in [1.54, 1.807) is 0 Å². The van der Waals surface area contributed by atoms with Gasteiger partial charge in [0.15, 0.2) is 0 Å². The van der Waals surface area contributed by atoms with Gasteiger partial charge in [0.1, 0.15) is 6.61 Å². The molecule has 0 atom stereocenters. The molecule has 18 heavy (non-hydrogen) atoms. The van der Waals surface area contributed by atoms with Crippen LogP contribution in [0.3, 0.4) is 0 Å². The van der Waals surface area contributed by atoms with Crippen molar-refractivity contribution in [2.24, 2.45) is 0 Å². The average Bonchev–Trinajstić information content (AvgIpc) is 2.36. The number of aliphatic hydroxyl groups is 3. The van der Waals surface area contributed by atoms with Crippen molar-refractivity contribution < 1.29 is 20.1 Å². The molecule has 1 aromatic rings. The minimum absolute atomic E-state index is 0.0139. The molecule has 0 aliphatic heterocycles. The summed E-state index contributed by atoms with van der Waals surface area (Å²) >= 11 is 0. The van der Waals surface area contributed by atoms with E-state index >= 15 is 0 Å². The zero-order valence-electron chi connectivity index (χ0n) is 9.78. The normalized spacial score (nSPS) is 10.6. The molecule has 3 N–H and O–H groups in total. The van der Waals surface area contributed by atoms with Crippen LogP contribution in [-0.4, -0.2) is 50.9 Å². The third kappa shape index (κ3) is 3.19. The van der Waals surface area contributed by atoms with Gasteiger partial charge in [-0.3, -0.25) is 13.9 Å². The van der Waals surface area contributed by atoms with E-state index in [4.69, 9.17) is 20.1 Å². The molecule has 0 aromatic carbocycles. The van der Waals surface area contributed by atoms with Crippen molar-refractivity contribution in [2.45, 2.75) is 13.1 Å². The quantitative estimate of drug-likeness (QED) is 0.494. The zero-order chi connectivity index (χ0) is 13.5. The second-order valence-electron chi connectivity index (χ2n) is 3.45. The minimum Gasteiger partial charge on any atom is -0.484 e. The Balaban J connectivity index is 3.26. The van der Waals surface area contributed by atoms with Crippen molar-refractivity contribution in [1.82, 2.24) is 9.13 Å². The molecule has 102 valence electrons. The minimum atomic E-state index is -0.670. The Labute approximate surface area is 102 Å². The van der Waals surface area contributed by atoms with E-state index in [2.05, 4.69) is 0 Å². The van der Waals surface area contributed by atoms with Crippen molar-refractivity contribution in [3.05, 3.63) is 27.0 Å². The highest BCUT2D eigenvalue weighted by molar-refractivity contribution is 5.13. The summed E-state index contributed by atoms with van der Waals surface area (Å²) in [5, 5.41) is 26.3. The molecule has 8 nitrogen and oxygen atoms in total. The summed E-state index contributed by atoms with van der Waals surface area (Å²) in [4.78, 5) is 23.6. The van der Waals surface area contributed by atoms with E-state index in [-0.39, 0.29) is 45.3 Å². The zero-order valence-corrected chi connectivity index (χ0v) is 9.78. The highest BCUT2D eigenvalue weighted by Crippen LogP contribution is 2.00. The Morgan fingerprint density at radius 3 is 2.28 bits per heavy atom. The summed E-state index contributed by atoms with van der Waals surface area (Å²) in [5.74, 6) is -0.106. The van der Waals surface area contributed by atoms with E-state index in [0.717, 1.165) is 9.13 Å². The first-order valence-corrected chi connectivity index (χ1v) is 5.45. The Bertz CT molecular complexity index is 492. The number of ether oxygens (including phenoxy) is 1. The lowest BCUT2D eigenvalue weighted by atomic mass is 10.5. The van der Waals surface area contributed by atoms with E-state index < -0.39 is 11.2 Å². The van der Waals surface area contributed by atoms with Gasteiger partial charge in [0.25, 0.3) is 5.56 Å². The maximum absolute atomic E-state index is 11.8. The van der Waals surface area contributed by atoms with Gasteiger partial charge in [-0.15, -0.1) is 0 Å². The van der Waals surface area contributed by atoms with E-state index in [1.165, 1.54) is 6.20 Å². The van der Waals surface area contributed by atoms with Crippen LogP contribution in [0.4, 0.5) is 0 Å². The Morgan fingerprint density at radius 1 is 1.06 bits per heavy atom. The molecule has 1 aromatic heterocycles. The summed E-state index contributed by atoms with van der Waals surface area (Å²) in [7, 11) is 0. The van der Waals surface area contributed by atoms with Crippen molar-refractivity contribution in [1.29, 1.82) is 0 Å². The molecular weight excluding hydrogens is 244 g/mol. The van der Waals surface area contributed by atoms with Crippen molar-refractivity contribution in [3.8, 4) is 5.75 Å². The molecule has 0 spiro atoms. The van der Waals surface area contributed by atoms with Crippen LogP contribution in [0.2, 0.25) is 0 Å². The summed E-state index contributed by atoms with van der Waals surface area (Å²) in [5.41, 5.74) is -1.30. The van der Waals surface area contributed by atoms with Crippen molar-refractivity contribution >= 4 is 0 Å². The number of aromatic nitrogens is 2. The van der Waals surface area contributed by atoms with Gasteiger partial charge in [-0.1, -0.05) is 0 Å². The highest BCUT2D eigenvalue weighted by Gasteiger charge is 2.11. The molecule has 0 radical (unpaired) electrons. The first-order valence-electron chi connectivity index (χ1n) is 5.45. The summed E-state index contributed by atoms with van der Waals surface area (Å²) < 4.78 is 6.95. The van der Waals surface area contributed by atoms with Crippen LogP contribution >= 0.6 is 0 Å². The predicted molar refractivity (Wildman–Crippen MR) is 61.7 cm³/mol. The van der Waals surface area contributed by atoms with Crippen LogP contribution in [-0.2, 0) is 13.1 Å². The lowest BCUT2D eigenvalue weighted by Crippen LogP contribution is -2.41. The molecule has 8 heteroatoms. The van der Waals surface area contributed by atoms with Crippen molar-refractivity contribution in [3.63, 3.8) is 0 Å². The number of rotatable bonds is 7. The van der Waals surface area contributed by atoms with Gasteiger partial charge in [0.2, 0.25) is 5.75 Å². The largest absolute Gasteiger partial charge is 0.484 e. The highest BCUT2D eigenvalue weighted by atomic mass is 16.5. The molecule has 1 heterocycles. The SMILES string of the molecule is O=c1c(OCCO)cn(CCO)c(=O)n1CCO. The van der Waals surface area contributed by atoms with E-state index in [9.17, 15) is 9.59 Å². The monoisotopic (exact) mass is 260 g/mol. The number of hydrogen-bond acceptors (Lipinski definition) is 6. The Morgan fingerprint density at radius 2 is 1.72 bits per heavy atom. The van der Waals surface area contributed by atoms with Gasteiger partial charge in [-0.2, -0.15) is 0 Å². The third-order valence-electron chi connectivity index (χ3n) is 2.22. The number of hydrogen-bond donors (Lipinski definition) is 3. The second-order valence-corrected chi connectivity index (χ2v) is 3.45. The molecule has 0 aliphatic rings. The number of nitrogens with zero attached hydrogens (tertiary/aromatic N) is 2. The van der Waals surface area contributed by atoms with Gasteiger partial charge in [-0.05, 0) is 0 Å². The molecule has 0 amide bonds. The maximum atomic E-state index is 11.8. The maximum Gasteiger partial charge on any atom is 0.331 e. The van der Waals surface area contributed by atoms with Crippen LogP contribution in [0.1, 0.15) is 0 Å². The summed E-state index contributed by atoms with van der Waals surface area (Å²) in [6.45, 7) is -1.11. The molecule has 0 saturated heterocycles. The van der Waals surface area contributed by atoms with Gasteiger partial charge >= 0.3 is 5.69 Å². The molecule has 0 bridgehead atoms.